The maximum Gasteiger partial charge on any atom is 0.335 e. The maximum absolute atomic E-state index is 12.7. The van der Waals surface area contributed by atoms with Crippen LogP contribution in [0.25, 0.3) is 0 Å². The fourth-order valence-electron chi connectivity index (χ4n) is 8.10. The number of carbonyl (C=O) groups excluding carboxylic acids is 1. The van der Waals surface area contributed by atoms with E-state index in [1.54, 1.807) is 0 Å². The lowest BCUT2D eigenvalue weighted by atomic mass is 9.45. The van der Waals surface area contributed by atoms with Crippen molar-refractivity contribution >= 4 is 5.97 Å². The van der Waals surface area contributed by atoms with Gasteiger partial charge in [-0.3, -0.25) is 0 Å². The van der Waals surface area contributed by atoms with Gasteiger partial charge in [-0.2, -0.15) is 0 Å². The summed E-state index contributed by atoms with van der Waals surface area (Å²) < 4.78 is 18.5. The van der Waals surface area contributed by atoms with Gasteiger partial charge in [-0.1, -0.05) is 86.7 Å². The summed E-state index contributed by atoms with van der Waals surface area (Å²) in [5.74, 6) is 0.555. The number of hydrogen-bond donors (Lipinski definition) is 1. The molecule has 206 valence electrons. The van der Waals surface area contributed by atoms with Gasteiger partial charge in [0.05, 0.1) is 18.3 Å². The Balaban J connectivity index is 1.23. The quantitative estimate of drug-likeness (QED) is 0.328. The monoisotopic (exact) mass is 527 g/mol. The lowest BCUT2D eigenvalue weighted by molar-refractivity contribution is -0.307. The van der Waals surface area contributed by atoms with E-state index >= 15 is 0 Å². The molecule has 3 fully saturated rings. The van der Waals surface area contributed by atoms with Crippen molar-refractivity contribution in [3.8, 4) is 0 Å². The molecule has 2 aliphatic heterocycles. The molecule has 0 bridgehead atoms. The minimum atomic E-state index is -0.296. The Morgan fingerprint density at radius 3 is 2.49 bits per heavy atom. The Morgan fingerprint density at radius 2 is 1.77 bits per heavy atom. The molecular formula is C34H41NO4. The van der Waals surface area contributed by atoms with E-state index in [-0.39, 0.29) is 35.2 Å². The number of fused-ring (bicyclic) bond motifs is 3. The number of benzene rings is 2. The fourth-order valence-corrected chi connectivity index (χ4v) is 8.10. The number of cyclic esters (lactones) is 1. The highest BCUT2D eigenvalue weighted by atomic mass is 16.7. The number of rotatable bonds is 7. The van der Waals surface area contributed by atoms with Crippen LogP contribution in [0.1, 0.15) is 63.4 Å². The highest BCUT2D eigenvalue weighted by molar-refractivity contribution is 5.91. The van der Waals surface area contributed by atoms with E-state index in [9.17, 15) is 4.79 Å². The highest BCUT2D eigenvalue weighted by Crippen LogP contribution is 2.64. The lowest BCUT2D eigenvalue weighted by Crippen LogP contribution is -2.60. The largest absolute Gasteiger partial charge is 0.458 e. The zero-order chi connectivity index (χ0) is 27.0. The summed E-state index contributed by atoms with van der Waals surface area (Å²) in [7, 11) is 0. The normalized spacial score (nSPS) is 35.0. The summed E-state index contributed by atoms with van der Waals surface area (Å²) in [4.78, 5) is 12.7. The highest BCUT2D eigenvalue weighted by Gasteiger charge is 2.60. The van der Waals surface area contributed by atoms with Crippen LogP contribution in [-0.4, -0.2) is 31.3 Å². The van der Waals surface area contributed by atoms with E-state index in [1.807, 2.05) is 30.3 Å². The molecule has 2 saturated carbocycles. The van der Waals surface area contributed by atoms with Gasteiger partial charge in [0, 0.05) is 23.6 Å². The Bertz CT molecular complexity index is 1230. The molecule has 1 saturated heterocycles. The molecular weight excluding hydrogens is 486 g/mol. The summed E-state index contributed by atoms with van der Waals surface area (Å²) >= 11 is 0. The van der Waals surface area contributed by atoms with Gasteiger partial charge in [-0.05, 0) is 61.0 Å². The zero-order valence-corrected chi connectivity index (χ0v) is 23.2. The second-order valence-electron chi connectivity index (χ2n) is 12.4. The summed E-state index contributed by atoms with van der Waals surface area (Å²) in [6.07, 6.45) is 6.87. The van der Waals surface area contributed by atoms with Crippen molar-refractivity contribution in [1.29, 1.82) is 0 Å². The predicted octanol–water partition coefficient (Wildman–Crippen LogP) is 6.52. The Hall–Kier alpha value is -2.73. The van der Waals surface area contributed by atoms with Crippen molar-refractivity contribution in [3.05, 3.63) is 95.6 Å². The van der Waals surface area contributed by atoms with E-state index < -0.39 is 0 Å². The molecule has 2 aliphatic carbocycles. The van der Waals surface area contributed by atoms with Gasteiger partial charge in [0.1, 0.15) is 6.61 Å². The van der Waals surface area contributed by atoms with Crippen molar-refractivity contribution in [2.24, 2.45) is 22.7 Å². The van der Waals surface area contributed by atoms with E-state index in [0.717, 1.165) is 43.2 Å². The summed E-state index contributed by atoms with van der Waals surface area (Å²) in [6, 6.07) is 20.6. The van der Waals surface area contributed by atoms with Crippen LogP contribution in [0.4, 0.5) is 0 Å². The Kier molecular flexibility index (Phi) is 7.26. The van der Waals surface area contributed by atoms with Crippen molar-refractivity contribution in [3.63, 3.8) is 0 Å². The first kappa shape index (κ1) is 26.5. The summed E-state index contributed by atoms with van der Waals surface area (Å²) in [5, 5.41) is 3.72. The number of allylic oxidation sites excluding steroid dienone is 1. The standard InChI is InChI=1S/C34H41NO4/c1-23-14-15-29-33(2,18-16-30-34(29,3)22-38-32(39-30)25-12-8-5-9-13-25)27(23)20-28(26-17-19-37-31(26)36)35-21-24-10-6-4-7-11-24/h4-13,17,27-30,32,35H,1,14-16,18-22H2,2-3H3. The van der Waals surface area contributed by atoms with E-state index in [0.29, 0.717) is 31.6 Å². The summed E-state index contributed by atoms with van der Waals surface area (Å²) in [5.41, 5.74) is 4.37. The molecule has 5 heteroatoms. The Morgan fingerprint density at radius 1 is 1.03 bits per heavy atom. The molecule has 2 heterocycles. The van der Waals surface area contributed by atoms with Crippen LogP contribution in [-0.2, 0) is 25.5 Å². The van der Waals surface area contributed by atoms with Crippen molar-refractivity contribution < 1.29 is 19.0 Å². The summed E-state index contributed by atoms with van der Waals surface area (Å²) in [6.45, 7) is 11.2. The Labute approximate surface area is 232 Å². The third-order valence-corrected chi connectivity index (χ3v) is 10.2. The molecule has 1 N–H and O–H groups in total. The van der Waals surface area contributed by atoms with Crippen LogP contribution < -0.4 is 5.32 Å². The third kappa shape index (κ3) is 4.90. The van der Waals surface area contributed by atoms with Crippen LogP contribution in [0.2, 0.25) is 0 Å². The molecule has 0 aromatic heterocycles. The van der Waals surface area contributed by atoms with Crippen LogP contribution in [0.15, 0.2) is 84.5 Å². The molecule has 0 amide bonds. The average molecular weight is 528 g/mol. The van der Waals surface area contributed by atoms with Crippen molar-refractivity contribution in [2.75, 3.05) is 13.2 Å². The average Bonchev–Trinajstić information content (AvgIpc) is 3.38. The fraction of sp³-hybridized carbons (Fsp3) is 0.500. The van der Waals surface area contributed by atoms with Gasteiger partial charge >= 0.3 is 5.97 Å². The van der Waals surface area contributed by atoms with E-state index in [1.165, 1.54) is 11.1 Å². The van der Waals surface area contributed by atoms with E-state index in [4.69, 9.17) is 14.2 Å². The molecule has 6 rings (SSSR count). The number of nitrogens with one attached hydrogen (secondary N) is 1. The smallest absolute Gasteiger partial charge is 0.335 e. The molecule has 7 atom stereocenters. The van der Waals surface area contributed by atoms with Gasteiger partial charge in [-0.25, -0.2) is 4.79 Å². The topological polar surface area (TPSA) is 56.8 Å². The molecule has 2 aromatic rings. The minimum Gasteiger partial charge on any atom is -0.458 e. The first-order valence-electron chi connectivity index (χ1n) is 14.5. The van der Waals surface area contributed by atoms with E-state index in [2.05, 4.69) is 62.1 Å². The lowest BCUT2D eigenvalue weighted by Gasteiger charge is -2.63. The SMILES string of the molecule is C=C1CCC2C3(C)COC(c4ccccc4)OC3CCC2(C)C1CC(NCc1ccccc1)C1=CCOC1=O. The second-order valence-corrected chi connectivity index (χ2v) is 12.4. The number of ether oxygens (including phenoxy) is 3. The van der Waals surface area contributed by atoms with Crippen LogP contribution in [0.5, 0.6) is 0 Å². The second kappa shape index (κ2) is 10.7. The molecule has 0 spiro atoms. The van der Waals surface area contributed by atoms with Crippen molar-refractivity contribution in [1.82, 2.24) is 5.32 Å². The first-order chi connectivity index (χ1) is 18.9. The van der Waals surface area contributed by atoms with Gasteiger partial charge < -0.3 is 19.5 Å². The number of hydrogen-bond acceptors (Lipinski definition) is 5. The number of carbonyl (C=O) groups is 1. The van der Waals surface area contributed by atoms with Gasteiger partial charge in [0.25, 0.3) is 0 Å². The molecule has 0 radical (unpaired) electrons. The zero-order valence-electron chi connectivity index (χ0n) is 23.2. The van der Waals surface area contributed by atoms with Gasteiger partial charge in [0.2, 0.25) is 0 Å². The molecule has 39 heavy (non-hydrogen) atoms. The molecule has 7 unspecified atom stereocenters. The first-order valence-corrected chi connectivity index (χ1v) is 14.5. The predicted molar refractivity (Wildman–Crippen MR) is 152 cm³/mol. The van der Waals surface area contributed by atoms with Crippen LogP contribution in [0, 0.1) is 22.7 Å². The van der Waals surface area contributed by atoms with Crippen LogP contribution >= 0.6 is 0 Å². The molecule has 2 aromatic carbocycles. The third-order valence-electron chi connectivity index (χ3n) is 10.2. The van der Waals surface area contributed by atoms with Gasteiger partial charge in [0.15, 0.2) is 6.29 Å². The van der Waals surface area contributed by atoms with Crippen LogP contribution in [0.3, 0.4) is 0 Å². The van der Waals surface area contributed by atoms with Gasteiger partial charge in [-0.15, -0.1) is 0 Å². The number of esters is 1. The molecule has 5 nitrogen and oxygen atoms in total. The van der Waals surface area contributed by atoms with Crippen molar-refractivity contribution in [2.45, 2.75) is 70.9 Å². The minimum absolute atomic E-state index is 0.0582. The maximum atomic E-state index is 12.7. The molecule has 4 aliphatic rings.